The second-order valence-electron chi connectivity index (χ2n) is 10.1. The zero-order valence-corrected chi connectivity index (χ0v) is 21.3. The zero-order chi connectivity index (χ0) is 25.6. The molecule has 0 saturated carbocycles. The highest BCUT2D eigenvalue weighted by atomic mass is 32.1. The van der Waals surface area contributed by atoms with Gasteiger partial charge in [0.25, 0.3) is 11.7 Å². The number of likely N-dealkylation sites (tertiary alicyclic amines) is 1. The number of rotatable bonds is 5. The van der Waals surface area contributed by atoms with Crippen molar-refractivity contribution < 1.29 is 18.9 Å². The minimum Gasteiger partial charge on any atom is -0.379 e. The van der Waals surface area contributed by atoms with Crippen LogP contribution in [0.2, 0.25) is 0 Å². The van der Waals surface area contributed by atoms with E-state index in [1.54, 1.807) is 36.1 Å². The maximum Gasteiger partial charge on any atom is 0.264 e. The summed E-state index contributed by atoms with van der Waals surface area (Å²) >= 11 is 1.28. The van der Waals surface area contributed by atoms with Gasteiger partial charge in [0.05, 0.1) is 48.5 Å². The lowest BCUT2D eigenvalue weighted by molar-refractivity contribution is -0.750. The second-order valence-corrected chi connectivity index (χ2v) is 10.8. The second kappa shape index (κ2) is 9.10. The summed E-state index contributed by atoms with van der Waals surface area (Å²) in [6.45, 7) is 4.25. The summed E-state index contributed by atoms with van der Waals surface area (Å²) in [5, 5.41) is 4.61. The van der Waals surface area contributed by atoms with Crippen molar-refractivity contribution in [2.75, 3.05) is 31.6 Å². The van der Waals surface area contributed by atoms with E-state index < -0.39 is 5.41 Å². The summed E-state index contributed by atoms with van der Waals surface area (Å²) in [5.74, 6) is 7.56. The number of amidine groups is 1. The number of nitrogens with zero attached hydrogens (tertiary/aromatic N) is 5. The molecule has 2 fully saturated rings. The van der Waals surface area contributed by atoms with Gasteiger partial charge in [0.15, 0.2) is 0 Å². The number of aromatic nitrogens is 1. The van der Waals surface area contributed by atoms with Gasteiger partial charge in [-0.1, -0.05) is 0 Å². The van der Waals surface area contributed by atoms with E-state index in [0.717, 1.165) is 36.3 Å². The van der Waals surface area contributed by atoms with Crippen LogP contribution in [-0.2, 0) is 9.53 Å². The first-order chi connectivity index (χ1) is 17.9. The number of hydrogen-bond acceptors (Lipinski definition) is 8. The van der Waals surface area contributed by atoms with Gasteiger partial charge in [-0.25, -0.2) is 0 Å². The number of carbonyl (C=O) groups excluding carboxylic acids is 2. The lowest BCUT2D eigenvalue weighted by atomic mass is 9.85. The number of quaternary nitrogens is 1. The molecular weight excluding hydrogens is 490 g/mol. The molecule has 2 aromatic rings. The molecule has 3 N–H and O–H groups in total. The summed E-state index contributed by atoms with van der Waals surface area (Å²) in [6, 6.07) is 7.25. The van der Waals surface area contributed by atoms with Crippen LogP contribution in [0.5, 0.6) is 0 Å². The molecule has 5 heterocycles. The summed E-state index contributed by atoms with van der Waals surface area (Å²) in [4.78, 5) is 37.1. The number of fused-ring (bicyclic) bond motifs is 1. The molecule has 0 bridgehead atoms. The van der Waals surface area contributed by atoms with Gasteiger partial charge in [-0.15, -0.1) is 4.59 Å². The Bertz CT molecular complexity index is 1360. The summed E-state index contributed by atoms with van der Waals surface area (Å²) in [7, 11) is 0. The zero-order valence-electron chi connectivity index (χ0n) is 20.5. The third-order valence-electron chi connectivity index (χ3n) is 7.37. The van der Waals surface area contributed by atoms with Crippen molar-refractivity contribution in [3.63, 3.8) is 0 Å². The van der Waals surface area contributed by atoms with Crippen molar-refractivity contribution in [2.24, 2.45) is 27.2 Å². The number of hydrogen-bond donors (Lipinski definition) is 2. The maximum absolute atomic E-state index is 13.2. The monoisotopic (exact) mass is 518 g/mol. The summed E-state index contributed by atoms with van der Waals surface area (Å²) in [6.07, 6.45) is 8.68. The third kappa shape index (κ3) is 4.13. The number of piperidine rings is 1. The van der Waals surface area contributed by atoms with Crippen LogP contribution in [0, 0.1) is 11.3 Å². The van der Waals surface area contributed by atoms with Crippen molar-refractivity contribution >= 4 is 41.1 Å². The predicted octanol–water partition coefficient (Wildman–Crippen LogP) is 2.89. The summed E-state index contributed by atoms with van der Waals surface area (Å²) < 4.78 is 9.23. The minimum absolute atomic E-state index is 0.0538. The van der Waals surface area contributed by atoms with Gasteiger partial charge in [-0.2, -0.15) is 15.2 Å². The molecule has 11 heteroatoms. The van der Waals surface area contributed by atoms with Gasteiger partial charge in [0.1, 0.15) is 11.9 Å². The topological polar surface area (TPSA) is 122 Å². The fourth-order valence-corrected chi connectivity index (χ4v) is 5.71. The molecule has 190 valence electrons. The molecule has 2 saturated heterocycles. The van der Waals surface area contributed by atoms with E-state index in [2.05, 4.69) is 14.7 Å². The number of ether oxygens (including phenoxy) is 1. The lowest BCUT2D eigenvalue weighted by Gasteiger charge is -2.42. The number of amides is 2. The molecule has 2 amide bonds. The van der Waals surface area contributed by atoms with Crippen molar-refractivity contribution in [3.8, 4) is 0 Å². The van der Waals surface area contributed by atoms with Gasteiger partial charge >= 0.3 is 0 Å². The average Bonchev–Trinajstić information content (AvgIpc) is 3.52. The van der Waals surface area contributed by atoms with Gasteiger partial charge in [-0.05, 0) is 55.6 Å². The Kier molecular flexibility index (Phi) is 5.87. The average molecular weight is 519 g/mol. The third-order valence-corrected chi connectivity index (χ3v) is 7.96. The van der Waals surface area contributed by atoms with E-state index in [0.29, 0.717) is 36.8 Å². The van der Waals surface area contributed by atoms with Crippen molar-refractivity contribution in [2.45, 2.75) is 19.8 Å². The smallest absolute Gasteiger partial charge is 0.264 e. The number of nitrogens with one attached hydrogen (secondary N) is 1. The lowest BCUT2D eigenvalue weighted by Crippen LogP contribution is -2.55. The predicted molar refractivity (Wildman–Crippen MR) is 140 cm³/mol. The van der Waals surface area contributed by atoms with Crippen LogP contribution in [0.15, 0.2) is 69.6 Å². The molecule has 0 spiro atoms. The van der Waals surface area contributed by atoms with Gasteiger partial charge in [0, 0.05) is 30.0 Å². The maximum atomic E-state index is 13.2. The van der Waals surface area contributed by atoms with E-state index in [4.69, 9.17) is 15.6 Å². The Balaban J connectivity index is 1.26. The van der Waals surface area contributed by atoms with E-state index in [9.17, 15) is 9.59 Å². The van der Waals surface area contributed by atoms with Gasteiger partial charge in [0.2, 0.25) is 11.6 Å². The molecule has 2 atom stereocenters. The number of nitrogens with two attached hydrogens (primary N) is 1. The van der Waals surface area contributed by atoms with E-state index in [1.165, 1.54) is 11.5 Å². The molecule has 37 heavy (non-hydrogen) atoms. The highest BCUT2D eigenvalue weighted by Crippen LogP contribution is 2.39. The molecule has 1 unspecified atom stereocenters. The molecule has 1 aromatic carbocycles. The first-order valence-electron chi connectivity index (χ1n) is 12.3. The Morgan fingerprint density at radius 2 is 2.08 bits per heavy atom. The molecule has 10 nitrogen and oxygen atoms in total. The van der Waals surface area contributed by atoms with Crippen LogP contribution in [0.25, 0.3) is 0 Å². The fourth-order valence-electron chi connectivity index (χ4n) is 5.24. The molecule has 6 rings (SSSR count). The highest BCUT2D eigenvalue weighted by molar-refractivity contribution is 7.04. The first-order valence-corrected chi connectivity index (χ1v) is 13.1. The number of allylic oxidation sites excluding steroid dienone is 1. The molecule has 0 radical (unpaired) electrons. The number of benzene rings is 1. The quantitative estimate of drug-likeness (QED) is 0.466. The molecule has 4 aliphatic rings. The number of carbonyl (C=O) groups is 2. The van der Waals surface area contributed by atoms with Crippen LogP contribution < -0.4 is 11.2 Å². The SMILES string of the molecule is CC1(C(=O)N2CCC[C@@H](C3=C4C=NC=C[N+]4(N)C(c4ccc(C(=O)Nc5cnsc5)cc4)=N3)C2)COC1. The first kappa shape index (κ1) is 23.9. The van der Waals surface area contributed by atoms with Gasteiger partial charge < -0.3 is 15.0 Å². The van der Waals surface area contributed by atoms with Crippen LogP contribution in [0.4, 0.5) is 5.69 Å². The van der Waals surface area contributed by atoms with E-state index >= 15 is 0 Å². The molecule has 0 aliphatic carbocycles. The van der Waals surface area contributed by atoms with Crippen molar-refractivity contribution in [3.05, 3.63) is 70.8 Å². The number of anilines is 1. The van der Waals surface area contributed by atoms with Crippen molar-refractivity contribution in [1.82, 2.24) is 9.27 Å². The molecular formula is C26H28N7O3S+. The van der Waals surface area contributed by atoms with Crippen LogP contribution in [0.3, 0.4) is 0 Å². The normalized spacial score (nSPS) is 25.9. The molecule has 4 aliphatic heterocycles. The largest absolute Gasteiger partial charge is 0.379 e. The Morgan fingerprint density at radius 1 is 1.27 bits per heavy atom. The Morgan fingerprint density at radius 3 is 2.78 bits per heavy atom. The van der Waals surface area contributed by atoms with Crippen LogP contribution in [0.1, 0.15) is 35.7 Å². The molecule has 1 aromatic heterocycles. The fraction of sp³-hybridized carbons (Fsp3) is 0.346. The standard InChI is InChI=1S/C26H27N7O3S/c1-26(15-36-16-26)25(35)32-9-2-3-19(13-32)22-21-12-28-8-10-33(21,27)23(31-22)17-4-6-18(7-5-17)24(34)30-20-11-29-37-14-20/h4-8,10-12,14,19H,2-3,9,13,15-16,27H2,1H3/p+1/t19-,33?/m1/s1. The van der Waals surface area contributed by atoms with E-state index in [1.807, 2.05) is 30.2 Å². The Labute approximate surface area is 218 Å². The minimum atomic E-state index is -0.430. The summed E-state index contributed by atoms with van der Waals surface area (Å²) in [5.41, 5.74) is 3.25. The van der Waals surface area contributed by atoms with Gasteiger partial charge in [-0.3, -0.25) is 14.6 Å². The van der Waals surface area contributed by atoms with Crippen LogP contribution >= 0.6 is 11.5 Å². The Hall–Kier alpha value is -3.51. The van der Waals surface area contributed by atoms with E-state index in [-0.39, 0.29) is 22.3 Å². The van der Waals surface area contributed by atoms with Crippen LogP contribution in [-0.4, -0.2) is 64.0 Å². The number of aliphatic imine (C=N–C) groups is 2. The van der Waals surface area contributed by atoms with Crippen molar-refractivity contribution in [1.29, 1.82) is 0 Å². The highest BCUT2D eigenvalue weighted by Gasteiger charge is 2.48.